The highest BCUT2D eigenvalue weighted by Gasteiger charge is 2.22. The van der Waals surface area contributed by atoms with Crippen LogP contribution in [-0.2, 0) is 30.6 Å². The molecule has 0 aliphatic rings. The zero-order valence-electron chi connectivity index (χ0n) is 20.5. The molecule has 192 valence electrons. The van der Waals surface area contributed by atoms with Crippen molar-refractivity contribution in [3.63, 3.8) is 0 Å². The van der Waals surface area contributed by atoms with Gasteiger partial charge in [0, 0.05) is 45.9 Å². The monoisotopic (exact) mass is 507 g/mol. The highest BCUT2D eigenvalue weighted by Crippen LogP contribution is 2.18. The quantitative estimate of drug-likeness (QED) is 0.290. The second-order valence-corrected chi connectivity index (χ2v) is 8.09. The summed E-state index contributed by atoms with van der Waals surface area (Å²) in [5.41, 5.74) is 0.0378. The van der Waals surface area contributed by atoms with Crippen LogP contribution in [0.2, 0.25) is 0 Å². The molecular formula is C24H25N7O6. The number of rotatable bonds is 9. The predicted molar refractivity (Wildman–Crippen MR) is 132 cm³/mol. The first-order valence-electron chi connectivity index (χ1n) is 11.3. The lowest BCUT2D eigenvalue weighted by Gasteiger charge is -2.23. The third kappa shape index (κ3) is 5.24. The molecule has 0 saturated heterocycles. The number of nitrogens with zero attached hydrogens (tertiary/aromatic N) is 7. The van der Waals surface area contributed by atoms with Gasteiger partial charge in [0.15, 0.2) is 11.2 Å². The molecule has 0 N–H and O–H groups in total. The summed E-state index contributed by atoms with van der Waals surface area (Å²) in [6.45, 7) is 0.290. The van der Waals surface area contributed by atoms with Crippen LogP contribution in [0.25, 0.3) is 11.2 Å². The van der Waals surface area contributed by atoms with Gasteiger partial charge in [-0.05, 0) is 24.3 Å². The number of fused-ring (bicyclic) bond motifs is 1. The van der Waals surface area contributed by atoms with Crippen molar-refractivity contribution in [2.45, 2.75) is 0 Å². The summed E-state index contributed by atoms with van der Waals surface area (Å²) in [5.74, 6) is -0.752. The van der Waals surface area contributed by atoms with Crippen molar-refractivity contribution in [1.29, 1.82) is 0 Å². The van der Waals surface area contributed by atoms with Crippen LogP contribution >= 0.6 is 0 Å². The molecule has 0 atom stereocenters. The molecule has 4 heterocycles. The van der Waals surface area contributed by atoms with E-state index in [9.17, 15) is 19.2 Å². The van der Waals surface area contributed by atoms with Crippen LogP contribution in [0.5, 0.6) is 0 Å². The second-order valence-electron chi connectivity index (χ2n) is 8.09. The van der Waals surface area contributed by atoms with E-state index in [0.717, 1.165) is 4.57 Å². The molecule has 0 spiro atoms. The number of carbonyl (C=O) groups is 2. The van der Waals surface area contributed by atoms with E-state index >= 15 is 0 Å². The standard InChI is InChI=1S/C24H25N7O6/c1-28-18-19(29(2)24(35)30(3)20(18)32)27-23(28)31(10-12-36-21(33)16-6-4-8-25-14-16)11-13-37-22(34)17-7-5-9-26-15-17/h4-9,14-15H,10-13H2,1-3H3. The maximum absolute atomic E-state index is 12.8. The number of anilines is 1. The minimum absolute atomic E-state index is 0.0234. The van der Waals surface area contributed by atoms with Crippen LogP contribution in [0.4, 0.5) is 5.95 Å². The van der Waals surface area contributed by atoms with Crippen LogP contribution in [0.1, 0.15) is 20.7 Å². The molecule has 37 heavy (non-hydrogen) atoms. The number of esters is 2. The smallest absolute Gasteiger partial charge is 0.339 e. The molecule has 0 unspecified atom stereocenters. The van der Waals surface area contributed by atoms with Crippen LogP contribution in [0.15, 0.2) is 58.6 Å². The summed E-state index contributed by atoms with van der Waals surface area (Å²) in [6.07, 6.45) is 5.91. The van der Waals surface area contributed by atoms with Crippen molar-refractivity contribution in [2.75, 3.05) is 31.2 Å². The number of imidazole rings is 1. The van der Waals surface area contributed by atoms with Crippen LogP contribution in [-0.4, -0.2) is 66.9 Å². The van der Waals surface area contributed by atoms with Crippen molar-refractivity contribution in [3.05, 3.63) is 81.0 Å². The molecule has 0 aliphatic carbocycles. The average Bonchev–Trinajstić information content (AvgIpc) is 3.27. The van der Waals surface area contributed by atoms with E-state index in [1.165, 1.54) is 31.1 Å². The molecule has 4 rings (SSSR count). The van der Waals surface area contributed by atoms with Gasteiger partial charge < -0.3 is 18.9 Å². The molecule has 0 radical (unpaired) electrons. The number of carbonyl (C=O) groups excluding carboxylic acids is 2. The van der Waals surface area contributed by atoms with Crippen LogP contribution in [0, 0.1) is 0 Å². The Bertz CT molecular complexity index is 1490. The van der Waals surface area contributed by atoms with Gasteiger partial charge in [-0.2, -0.15) is 4.98 Å². The number of aryl methyl sites for hydroxylation is 2. The van der Waals surface area contributed by atoms with E-state index in [1.807, 2.05) is 0 Å². The van der Waals surface area contributed by atoms with E-state index in [1.54, 1.807) is 53.2 Å². The van der Waals surface area contributed by atoms with Gasteiger partial charge in [-0.15, -0.1) is 0 Å². The van der Waals surface area contributed by atoms with E-state index in [-0.39, 0.29) is 37.5 Å². The molecule has 0 bridgehead atoms. The van der Waals surface area contributed by atoms with Crippen LogP contribution < -0.4 is 16.1 Å². The van der Waals surface area contributed by atoms with Gasteiger partial charge in [-0.3, -0.25) is 23.9 Å². The fourth-order valence-corrected chi connectivity index (χ4v) is 3.73. The van der Waals surface area contributed by atoms with E-state index in [0.29, 0.717) is 17.1 Å². The Balaban J connectivity index is 1.57. The fourth-order valence-electron chi connectivity index (χ4n) is 3.73. The van der Waals surface area contributed by atoms with Crippen molar-refractivity contribution in [2.24, 2.45) is 21.1 Å². The van der Waals surface area contributed by atoms with Gasteiger partial charge in [-0.1, -0.05) is 0 Å². The van der Waals surface area contributed by atoms with Gasteiger partial charge in [0.2, 0.25) is 5.95 Å². The SMILES string of the molecule is Cn1c(=O)c2c(nc(N(CCOC(=O)c3cccnc3)CCOC(=O)c3cccnc3)n2C)n(C)c1=O. The Labute approximate surface area is 210 Å². The molecule has 13 heteroatoms. The largest absolute Gasteiger partial charge is 0.460 e. The maximum Gasteiger partial charge on any atom is 0.339 e. The second kappa shape index (κ2) is 10.8. The summed E-state index contributed by atoms with van der Waals surface area (Å²) in [4.78, 5) is 63.9. The van der Waals surface area contributed by atoms with Crippen molar-refractivity contribution in [1.82, 2.24) is 28.7 Å². The predicted octanol–water partition coefficient (Wildman–Crippen LogP) is 0.281. The highest BCUT2D eigenvalue weighted by molar-refractivity contribution is 5.89. The van der Waals surface area contributed by atoms with Crippen molar-refractivity contribution < 1.29 is 19.1 Å². The number of hydrogen-bond acceptors (Lipinski definition) is 10. The summed E-state index contributed by atoms with van der Waals surface area (Å²) < 4.78 is 14.6. The lowest BCUT2D eigenvalue weighted by molar-refractivity contribution is 0.0503. The Kier molecular flexibility index (Phi) is 7.41. The number of ether oxygens (including phenoxy) is 2. The number of aromatic nitrogens is 6. The van der Waals surface area contributed by atoms with Gasteiger partial charge in [0.05, 0.1) is 24.2 Å². The number of hydrogen-bond donors (Lipinski definition) is 0. The van der Waals surface area contributed by atoms with E-state index in [4.69, 9.17) is 9.47 Å². The normalized spacial score (nSPS) is 10.9. The van der Waals surface area contributed by atoms with Gasteiger partial charge in [0.25, 0.3) is 5.56 Å². The molecule has 0 aromatic carbocycles. The summed E-state index contributed by atoms with van der Waals surface area (Å²) in [7, 11) is 4.56. The molecular weight excluding hydrogens is 482 g/mol. The molecule has 13 nitrogen and oxygen atoms in total. The Morgan fingerprint density at radius 3 is 1.86 bits per heavy atom. The lowest BCUT2D eigenvalue weighted by Crippen LogP contribution is -2.37. The van der Waals surface area contributed by atoms with Gasteiger partial charge >= 0.3 is 17.6 Å². The van der Waals surface area contributed by atoms with Gasteiger partial charge in [0.1, 0.15) is 13.2 Å². The van der Waals surface area contributed by atoms with E-state index in [2.05, 4.69) is 15.0 Å². The first kappa shape index (κ1) is 25.3. The zero-order chi connectivity index (χ0) is 26.5. The molecule has 0 saturated carbocycles. The zero-order valence-corrected chi connectivity index (χ0v) is 20.5. The fraction of sp³-hybridized carbons (Fsp3) is 0.292. The summed E-state index contributed by atoms with van der Waals surface area (Å²) >= 11 is 0. The lowest BCUT2D eigenvalue weighted by atomic mass is 10.3. The molecule has 0 aliphatic heterocycles. The highest BCUT2D eigenvalue weighted by atomic mass is 16.5. The van der Waals surface area contributed by atoms with E-state index < -0.39 is 23.2 Å². The minimum Gasteiger partial charge on any atom is -0.460 e. The Hall–Kier alpha value is -4.81. The molecule has 0 amide bonds. The minimum atomic E-state index is -0.544. The first-order chi connectivity index (χ1) is 17.8. The Morgan fingerprint density at radius 2 is 1.38 bits per heavy atom. The molecule has 0 fully saturated rings. The maximum atomic E-state index is 12.8. The van der Waals surface area contributed by atoms with Crippen LogP contribution in [0.3, 0.4) is 0 Å². The number of pyridine rings is 2. The first-order valence-corrected chi connectivity index (χ1v) is 11.3. The topological polar surface area (TPSA) is 143 Å². The molecule has 4 aromatic heterocycles. The van der Waals surface area contributed by atoms with Crippen molar-refractivity contribution in [3.8, 4) is 0 Å². The Morgan fingerprint density at radius 1 is 0.838 bits per heavy atom. The summed E-state index contributed by atoms with van der Waals surface area (Å²) in [5, 5.41) is 0. The third-order valence-electron chi connectivity index (χ3n) is 5.72. The van der Waals surface area contributed by atoms with Gasteiger partial charge in [-0.25, -0.2) is 14.4 Å². The summed E-state index contributed by atoms with van der Waals surface area (Å²) in [6, 6.07) is 6.44. The average molecular weight is 508 g/mol. The van der Waals surface area contributed by atoms with Crippen molar-refractivity contribution >= 4 is 29.1 Å². The molecule has 4 aromatic rings. The third-order valence-corrected chi connectivity index (χ3v) is 5.72.